The number of rotatable bonds is 3. The fourth-order valence-corrected chi connectivity index (χ4v) is 1.70. The van der Waals surface area contributed by atoms with Gasteiger partial charge in [-0.25, -0.2) is 18.9 Å². The number of H-pyrrole nitrogens is 1. The fourth-order valence-electron chi connectivity index (χ4n) is 1.70. The molecule has 1 heterocycles. The molecular formula is C11H13FN4O. The van der Waals surface area contributed by atoms with Gasteiger partial charge in [-0.15, -0.1) is 0 Å². The molecule has 0 unspecified atom stereocenters. The molecule has 2 rings (SSSR count). The van der Waals surface area contributed by atoms with Gasteiger partial charge in [-0.1, -0.05) is 6.07 Å². The van der Waals surface area contributed by atoms with Crippen LogP contribution in [0.2, 0.25) is 0 Å². The number of hydrogen-bond acceptors (Lipinski definition) is 3. The number of nitrogens with two attached hydrogens (primary N) is 1. The third kappa shape index (κ3) is 2.12. The quantitative estimate of drug-likeness (QED) is 0.815. The Bertz CT molecular complexity index is 587. The first-order chi connectivity index (χ1) is 8.13. The molecule has 0 saturated carbocycles. The minimum Gasteiger partial charge on any atom is -0.330 e. The Balaban J connectivity index is 2.63. The van der Waals surface area contributed by atoms with Crippen LogP contribution in [0.15, 0.2) is 23.0 Å². The van der Waals surface area contributed by atoms with Crippen molar-refractivity contribution >= 4 is 0 Å². The maximum Gasteiger partial charge on any atom is 0.347 e. The molecule has 6 heteroatoms. The highest BCUT2D eigenvalue weighted by atomic mass is 19.1. The molecule has 2 aromatic rings. The van der Waals surface area contributed by atoms with Crippen molar-refractivity contribution in [1.29, 1.82) is 0 Å². The van der Waals surface area contributed by atoms with E-state index >= 15 is 0 Å². The van der Waals surface area contributed by atoms with Crippen LogP contribution < -0.4 is 11.4 Å². The van der Waals surface area contributed by atoms with E-state index in [1.54, 1.807) is 13.0 Å². The Kier molecular flexibility index (Phi) is 3.06. The normalized spacial score (nSPS) is 10.8. The van der Waals surface area contributed by atoms with Crippen molar-refractivity contribution in [1.82, 2.24) is 14.8 Å². The summed E-state index contributed by atoms with van der Waals surface area (Å²) in [5.74, 6) is 0.114. The van der Waals surface area contributed by atoms with Gasteiger partial charge < -0.3 is 5.73 Å². The Morgan fingerprint density at radius 1 is 1.53 bits per heavy atom. The van der Waals surface area contributed by atoms with Gasteiger partial charge in [-0.3, -0.25) is 0 Å². The summed E-state index contributed by atoms with van der Waals surface area (Å²) >= 11 is 0. The second-order valence-corrected chi connectivity index (χ2v) is 3.75. The molecular weight excluding hydrogens is 223 g/mol. The zero-order chi connectivity index (χ0) is 12.4. The minimum atomic E-state index is -0.391. The number of aryl methyl sites for hydroxylation is 1. The fraction of sp³-hybridized carbons (Fsp3) is 0.273. The lowest BCUT2D eigenvalue weighted by Crippen LogP contribution is -2.19. The average Bonchev–Trinajstić information content (AvgIpc) is 2.64. The van der Waals surface area contributed by atoms with Crippen molar-refractivity contribution in [3.05, 3.63) is 45.9 Å². The Morgan fingerprint density at radius 2 is 2.29 bits per heavy atom. The van der Waals surface area contributed by atoms with E-state index in [0.29, 0.717) is 24.5 Å². The monoisotopic (exact) mass is 236 g/mol. The number of aromatic nitrogens is 3. The van der Waals surface area contributed by atoms with Gasteiger partial charge in [0.05, 0.1) is 5.69 Å². The number of aromatic amines is 1. The van der Waals surface area contributed by atoms with Crippen molar-refractivity contribution in [3.8, 4) is 5.69 Å². The molecule has 1 aromatic carbocycles. The molecule has 0 atom stereocenters. The van der Waals surface area contributed by atoms with Crippen molar-refractivity contribution in [2.24, 2.45) is 5.73 Å². The Hall–Kier alpha value is -1.95. The summed E-state index contributed by atoms with van der Waals surface area (Å²) in [4.78, 5) is 11.7. The van der Waals surface area contributed by atoms with Crippen LogP contribution in [-0.2, 0) is 6.42 Å². The molecule has 17 heavy (non-hydrogen) atoms. The van der Waals surface area contributed by atoms with Gasteiger partial charge in [0.1, 0.15) is 11.6 Å². The highest BCUT2D eigenvalue weighted by Gasteiger charge is 2.12. The van der Waals surface area contributed by atoms with Gasteiger partial charge in [0.15, 0.2) is 0 Å². The SMILES string of the molecule is Cc1ccc(F)cc1-n1c(CCN)n[nH]c1=O. The van der Waals surface area contributed by atoms with Gasteiger partial charge in [0.25, 0.3) is 0 Å². The van der Waals surface area contributed by atoms with Gasteiger partial charge in [0.2, 0.25) is 0 Å². The van der Waals surface area contributed by atoms with E-state index in [0.717, 1.165) is 5.56 Å². The van der Waals surface area contributed by atoms with E-state index in [9.17, 15) is 9.18 Å². The number of hydrogen-bond donors (Lipinski definition) is 2. The lowest BCUT2D eigenvalue weighted by Gasteiger charge is -2.08. The standard InChI is InChI=1S/C11H13FN4O/c1-7-2-3-8(12)6-9(7)16-10(4-5-13)14-15-11(16)17/h2-3,6H,4-5,13H2,1H3,(H,15,17). The summed E-state index contributed by atoms with van der Waals surface area (Å²) in [5.41, 5.74) is 6.35. The third-order valence-electron chi connectivity index (χ3n) is 2.52. The molecule has 0 radical (unpaired) electrons. The van der Waals surface area contributed by atoms with E-state index < -0.39 is 5.82 Å². The summed E-state index contributed by atoms with van der Waals surface area (Å²) in [6.07, 6.45) is 0.453. The summed E-state index contributed by atoms with van der Waals surface area (Å²) in [7, 11) is 0. The lowest BCUT2D eigenvalue weighted by atomic mass is 10.2. The van der Waals surface area contributed by atoms with Crippen LogP contribution in [0, 0.1) is 12.7 Å². The molecule has 0 amide bonds. The minimum absolute atomic E-state index is 0.374. The van der Waals surface area contributed by atoms with Crippen molar-refractivity contribution in [2.45, 2.75) is 13.3 Å². The summed E-state index contributed by atoms with van der Waals surface area (Å²) in [5, 5.41) is 6.22. The predicted octanol–water partition coefficient (Wildman–Crippen LogP) is 0.509. The van der Waals surface area contributed by atoms with E-state index in [2.05, 4.69) is 10.2 Å². The Labute approximate surface area is 97.1 Å². The second kappa shape index (κ2) is 4.50. The highest BCUT2D eigenvalue weighted by Crippen LogP contribution is 2.15. The van der Waals surface area contributed by atoms with E-state index in [-0.39, 0.29) is 5.69 Å². The predicted molar refractivity (Wildman–Crippen MR) is 61.6 cm³/mol. The molecule has 0 spiro atoms. The van der Waals surface area contributed by atoms with E-state index in [4.69, 9.17) is 5.73 Å². The summed E-state index contributed by atoms with van der Waals surface area (Å²) in [6, 6.07) is 4.29. The third-order valence-corrected chi connectivity index (χ3v) is 2.52. The van der Waals surface area contributed by atoms with Gasteiger partial charge in [-0.2, -0.15) is 5.10 Å². The zero-order valence-electron chi connectivity index (χ0n) is 9.40. The maximum absolute atomic E-state index is 13.2. The van der Waals surface area contributed by atoms with E-state index in [1.807, 2.05) is 0 Å². The molecule has 0 fully saturated rings. The average molecular weight is 236 g/mol. The van der Waals surface area contributed by atoms with Crippen molar-refractivity contribution in [2.75, 3.05) is 6.54 Å². The van der Waals surface area contributed by atoms with Crippen molar-refractivity contribution < 1.29 is 4.39 Å². The number of nitrogens with zero attached hydrogens (tertiary/aromatic N) is 2. The van der Waals surface area contributed by atoms with Crippen molar-refractivity contribution in [3.63, 3.8) is 0 Å². The molecule has 1 aromatic heterocycles. The molecule has 0 bridgehead atoms. The first-order valence-electron chi connectivity index (χ1n) is 5.26. The van der Waals surface area contributed by atoms with Gasteiger partial charge in [-0.05, 0) is 31.2 Å². The topological polar surface area (TPSA) is 76.7 Å². The van der Waals surface area contributed by atoms with Crippen LogP contribution >= 0.6 is 0 Å². The molecule has 5 nitrogen and oxygen atoms in total. The lowest BCUT2D eigenvalue weighted by molar-refractivity contribution is 0.625. The van der Waals surface area contributed by atoms with Crippen LogP contribution in [-0.4, -0.2) is 21.3 Å². The largest absolute Gasteiger partial charge is 0.347 e. The number of benzene rings is 1. The molecule has 0 aliphatic heterocycles. The summed E-state index contributed by atoms with van der Waals surface area (Å²) in [6.45, 7) is 2.18. The molecule has 90 valence electrons. The van der Waals surface area contributed by atoms with Crippen LogP contribution in [0.3, 0.4) is 0 Å². The van der Waals surface area contributed by atoms with Gasteiger partial charge in [0, 0.05) is 6.42 Å². The number of nitrogens with one attached hydrogen (secondary N) is 1. The number of halogens is 1. The van der Waals surface area contributed by atoms with Crippen LogP contribution in [0.1, 0.15) is 11.4 Å². The Morgan fingerprint density at radius 3 is 3.00 bits per heavy atom. The first-order valence-corrected chi connectivity index (χ1v) is 5.26. The molecule has 0 aliphatic carbocycles. The van der Waals surface area contributed by atoms with Crippen LogP contribution in [0.5, 0.6) is 0 Å². The zero-order valence-corrected chi connectivity index (χ0v) is 9.40. The van der Waals surface area contributed by atoms with Crippen LogP contribution in [0.25, 0.3) is 5.69 Å². The van der Waals surface area contributed by atoms with E-state index in [1.165, 1.54) is 16.7 Å². The second-order valence-electron chi connectivity index (χ2n) is 3.75. The highest BCUT2D eigenvalue weighted by molar-refractivity contribution is 5.41. The molecule has 0 saturated heterocycles. The van der Waals surface area contributed by atoms with Gasteiger partial charge >= 0.3 is 5.69 Å². The van der Waals surface area contributed by atoms with Crippen LogP contribution in [0.4, 0.5) is 4.39 Å². The molecule has 3 N–H and O–H groups in total. The first kappa shape index (κ1) is 11.5. The maximum atomic E-state index is 13.2. The summed E-state index contributed by atoms with van der Waals surface area (Å²) < 4.78 is 14.6. The molecule has 0 aliphatic rings. The smallest absolute Gasteiger partial charge is 0.330 e.